The van der Waals surface area contributed by atoms with Crippen LogP contribution in [0, 0.1) is 6.92 Å². The van der Waals surface area contributed by atoms with Gasteiger partial charge in [0.25, 0.3) is 5.92 Å². The maximum Gasteiger partial charge on any atom is 0.262 e. The zero-order chi connectivity index (χ0) is 18.2. The van der Waals surface area contributed by atoms with Crippen molar-refractivity contribution < 1.29 is 22.0 Å². The largest absolute Gasteiger partial charge is 0.339 e. The summed E-state index contributed by atoms with van der Waals surface area (Å²) in [5.41, 5.74) is 0.968. The van der Waals surface area contributed by atoms with E-state index in [-0.39, 0.29) is 37.0 Å². The molecule has 0 aromatic heterocycles. The van der Waals surface area contributed by atoms with E-state index in [2.05, 4.69) is 5.32 Å². The number of carbonyl (C=O) groups is 1. The molecular weight excluding hydrogens is 352 g/mol. The molecule has 2 aliphatic rings. The summed E-state index contributed by atoms with van der Waals surface area (Å²) < 4.78 is 53.1. The zero-order valence-corrected chi connectivity index (χ0v) is 14.7. The van der Waals surface area contributed by atoms with Gasteiger partial charge in [0.2, 0.25) is 15.9 Å². The Kier molecular flexibility index (Phi) is 4.82. The fourth-order valence-corrected chi connectivity index (χ4v) is 4.54. The van der Waals surface area contributed by atoms with Gasteiger partial charge in [0, 0.05) is 32.6 Å². The fourth-order valence-electron chi connectivity index (χ4n) is 3.12. The average molecular weight is 373 g/mol. The lowest BCUT2D eigenvalue weighted by atomic mass is 10.1. The van der Waals surface area contributed by atoms with Crippen LogP contribution in [0.4, 0.5) is 8.78 Å². The third-order valence-electron chi connectivity index (χ3n) is 4.62. The van der Waals surface area contributed by atoms with Gasteiger partial charge in [0.15, 0.2) is 0 Å². The van der Waals surface area contributed by atoms with Crippen LogP contribution in [0.25, 0.3) is 0 Å². The number of hydrogen-bond donors (Lipinski definition) is 1. The molecule has 1 atom stereocenters. The molecule has 1 aromatic carbocycles. The molecule has 3 rings (SSSR count). The van der Waals surface area contributed by atoms with Crippen LogP contribution in [0.1, 0.15) is 12.0 Å². The Morgan fingerprint density at radius 3 is 2.28 bits per heavy atom. The predicted molar refractivity (Wildman–Crippen MR) is 87.9 cm³/mol. The van der Waals surface area contributed by atoms with Crippen molar-refractivity contribution in [3.05, 3.63) is 29.8 Å². The smallest absolute Gasteiger partial charge is 0.262 e. The van der Waals surface area contributed by atoms with Crippen LogP contribution in [0.2, 0.25) is 0 Å². The van der Waals surface area contributed by atoms with E-state index >= 15 is 0 Å². The van der Waals surface area contributed by atoms with Crippen molar-refractivity contribution in [2.45, 2.75) is 30.2 Å². The second-order valence-corrected chi connectivity index (χ2v) is 8.47. The van der Waals surface area contributed by atoms with Crippen molar-refractivity contribution in [3.63, 3.8) is 0 Å². The summed E-state index contributed by atoms with van der Waals surface area (Å²) in [6.45, 7) is 2.10. The summed E-state index contributed by atoms with van der Waals surface area (Å²) in [6.07, 6.45) is -0.506. The number of sulfonamides is 1. The summed E-state index contributed by atoms with van der Waals surface area (Å²) in [6, 6.07) is 5.70. The van der Waals surface area contributed by atoms with E-state index in [0.29, 0.717) is 0 Å². The van der Waals surface area contributed by atoms with Crippen molar-refractivity contribution >= 4 is 15.9 Å². The average Bonchev–Trinajstić information content (AvgIpc) is 2.95. The third-order valence-corrected chi connectivity index (χ3v) is 6.53. The lowest BCUT2D eigenvalue weighted by Crippen LogP contribution is -2.54. The number of aryl methyl sites for hydroxylation is 1. The van der Waals surface area contributed by atoms with Gasteiger partial charge < -0.3 is 4.90 Å². The number of alkyl halides is 2. The number of carbonyl (C=O) groups excluding carboxylic acids is 1. The van der Waals surface area contributed by atoms with Gasteiger partial charge in [-0.05, 0) is 19.1 Å². The maximum atomic E-state index is 13.2. The highest BCUT2D eigenvalue weighted by molar-refractivity contribution is 7.89. The first-order valence-electron chi connectivity index (χ1n) is 8.16. The fraction of sp³-hybridized carbons (Fsp3) is 0.562. The Labute approximate surface area is 145 Å². The molecule has 6 nitrogen and oxygen atoms in total. The SMILES string of the molecule is Cc1ccc(S(=O)(=O)N2CCN(C(=O)C3CC(F)(F)CN3)CC2)cc1. The number of halogens is 2. The van der Waals surface area contributed by atoms with E-state index in [9.17, 15) is 22.0 Å². The van der Waals surface area contributed by atoms with Crippen molar-refractivity contribution in [3.8, 4) is 0 Å². The van der Waals surface area contributed by atoms with Gasteiger partial charge in [0.05, 0.1) is 17.5 Å². The Hall–Kier alpha value is -1.58. The van der Waals surface area contributed by atoms with E-state index in [4.69, 9.17) is 0 Å². The number of nitrogens with one attached hydrogen (secondary N) is 1. The van der Waals surface area contributed by atoms with Gasteiger partial charge in [0.1, 0.15) is 0 Å². The highest BCUT2D eigenvalue weighted by atomic mass is 32.2. The molecule has 0 spiro atoms. The van der Waals surface area contributed by atoms with Crippen molar-refractivity contribution in [2.75, 3.05) is 32.7 Å². The number of rotatable bonds is 3. The van der Waals surface area contributed by atoms with Crippen LogP contribution >= 0.6 is 0 Å². The predicted octanol–water partition coefficient (Wildman–Crippen LogP) is 0.825. The molecule has 2 saturated heterocycles. The first-order chi connectivity index (χ1) is 11.7. The van der Waals surface area contributed by atoms with E-state index in [0.717, 1.165) is 5.56 Å². The van der Waals surface area contributed by atoms with Gasteiger partial charge in [-0.25, -0.2) is 17.2 Å². The molecule has 2 heterocycles. The summed E-state index contributed by atoms with van der Waals surface area (Å²) in [7, 11) is -3.61. The minimum Gasteiger partial charge on any atom is -0.339 e. The van der Waals surface area contributed by atoms with Crippen LogP contribution in [0.5, 0.6) is 0 Å². The zero-order valence-electron chi connectivity index (χ0n) is 13.9. The maximum absolute atomic E-state index is 13.2. The first kappa shape index (κ1) is 18.2. The second kappa shape index (κ2) is 6.62. The van der Waals surface area contributed by atoms with Gasteiger partial charge in [-0.3, -0.25) is 10.1 Å². The summed E-state index contributed by atoms with van der Waals surface area (Å²) in [5.74, 6) is -3.25. The normalized spacial score (nSPS) is 24.4. The molecule has 9 heteroatoms. The summed E-state index contributed by atoms with van der Waals surface area (Å²) >= 11 is 0. The minimum absolute atomic E-state index is 0.158. The Balaban J connectivity index is 1.62. The summed E-state index contributed by atoms with van der Waals surface area (Å²) in [4.78, 5) is 14.0. The number of amides is 1. The Morgan fingerprint density at radius 1 is 1.16 bits per heavy atom. The molecule has 1 unspecified atom stereocenters. The molecule has 1 N–H and O–H groups in total. The molecule has 1 aromatic rings. The standard InChI is InChI=1S/C16H21F2N3O3S/c1-12-2-4-13(5-3-12)25(23,24)21-8-6-20(7-9-21)15(22)14-10-16(17,18)11-19-14/h2-5,14,19H,6-11H2,1H3. The van der Waals surface area contributed by atoms with Crippen LogP contribution in [0.15, 0.2) is 29.2 Å². The van der Waals surface area contributed by atoms with E-state index in [1.54, 1.807) is 24.3 Å². The highest BCUT2D eigenvalue weighted by Crippen LogP contribution is 2.26. The summed E-state index contributed by atoms with van der Waals surface area (Å²) in [5, 5.41) is 2.54. The molecule has 25 heavy (non-hydrogen) atoms. The Morgan fingerprint density at radius 2 is 1.76 bits per heavy atom. The molecule has 0 bridgehead atoms. The molecule has 138 valence electrons. The highest BCUT2D eigenvalue weighted by Gasteiger charge is 2.44. The van der Waals surface area contributed by atoms with Gasteiger partial charge in [-0.15, -0.1) is 0 Å². The minimum atomic E-state index is -3.61. The number of nitrogens with zero attached hydrogens (tertiary/aromatic N) is 2. The van der Waals surface area contributed by atoms with Crippen LogP contribution in [-0.2, 0) is 14.8 Å². The molecule has 0 radical (unpaired) electrons. The molecule has 2 aliphatic heterocycles. The van der Waals surface area contributed by atoms with Crippen LogP contribution < -0.4 is 5.32 Å². The lowest BCUT2D eigenvalue weighted by Gasteiger charge is -2.35. The van der Waals surface area contributed by atoms with Gasteiger partial charge in [-0.2, -0.15) is 4.31 Å². The number of benzene rings is 1. The molecule has 0 aliphatic carbocycles. The van der Waals surface area contributed by atoms with Crippen molar-refractivity contribution in [1.29, 1.82) is 0 Å². The number of piperazine rings is 1. The monoisotopic (exact) mass is 373 g/mol. The molecule has 1 amide bonds. The molecule has 2 fully saturated rings. The molecular formula is C16H21F2N3O3S. The van der Waals surface area contributed by atoms with Gasteiger partial charge in [-0.1, -0.05) is 17.7 Å². The van der Waals surface area contributed by atoms with E-state index < -0.39 is 35.0 Å². The quantitative estimate of drug-likeness (QED) is 0.852. The van der Waals surface area contributed by atoms with Crippen LogP contribution in [0.3, 0.4) is 0 Å². The van der Waals surface area contributed by atoms with Crippen molar-refractivity contribution in [2.24, 2.45) is 0 Å². The Bertz CT molecular complexity index is 744. The topological polar surface area (TPSA) is 69.7 Å². The van der Waals surface area contributed by atoms with E-state index in [1.807, 2.05) is 6.92 Å². The van der Waals surface area contributed by atoms with Gasteiger partial charge >= 0.3 is 0 Å². The lowest BCUT2D eigenvalue weighted by molar-refractivity contribution is -0.134. The van der Waals surface area contributed by atoms with Crippen LogP contribution in [-0.4, -0.2) is 68.2 Å². The third kappa shape index (κ3) is 3.83. The van der Waals surface area contributed by atoms with E-state index in [1.165, 1.54) is 9.21 Å². The van der Waals surface area contributed by atoms with Crippen molar-refractivity contribution in [1.82, 2.24) is 14.5 Å². The first-order valence-corrected chi connectivity index (χ1v) is 9.60. The molecule has 0 saturated carbocycles. The number of hydrogen-bond acceptors (Lipinski definition) is 4. The second-order valence-electron chi connectivity index (χ2n) is 6.54.